The van der Waals surface area contributed by atoms with Gasteiger partial charge in [-0.1, -0.05) is 19.9 Å². The second kappa shape index (κ2) is 4.39. The Morgan fingerprint density at radius 2 is 2.06 bits per heavy atom. The van der Waals surface area contributed by atoms with Gasteiger partial charge in [0, 0.05) is 11.9 Å². The molecule has 0 aliphatic rings. The molecule has 0 amide bonds. The number of aromatic amines is 1. The van der Waals surface area contributed by atoms with Crippen LogP contribution in [-0.2, 0) is 0 Å². The number of aromatic nitrogens is 2. The zero-order chi connectivity index (χ0) is 11.5. The van der Waals surface area contributed by atoms with E-state index in [9.17, 15) is 0 Å². The third-order valence-electron chi connectivity index (χ3n) is 2.69. The first-order valence-corrected chi connectivity index (χ1v) is 5.53. The summed E-state index contributed by atoms with van der Waals surface area (Å²) in [5.74, 6) is 0.547. The van der Waals surface area contributed by atoms with E-state index in [1.165, 1.54) is 11.1 Å². The van der Waals surface area contributed by atoms with E-state index in [-0.39, 0.29) is 0 Å². The van der Waals surface area contributed by atoms with Crippen LogP contribution in [0.1, 0.15) is 30.9 Å². The molecule has 2 rings (SSSR count). The average Bonchev–Trinajstić information content (AvgIpc) is 2.73. The molecule has 2 N–H and O–H groups in total. The van der Waals surface area contributed by atoms with Gasteiger partial charge in [-0.05, 0) is 36.1 Å². The van der Waals surface area contributed by atoms with Crippen molar-refractivity contribution in [3.05, 3.63) is 41.7 Å². The second-order valence-electron chi connectivity index (χ2n) is 4.34. The smallest absolute Gasteiger partial charge is 0.0767 e. The van der Waals surface area contributed by atoms with E-state index in [1.54, 1.807) is 6.20 Å². The van der Waals surface area contributed by atoms with Crippen molar-refractivity contribution in [1.29, 1.82) is 0 Å². The van der Waals surface area contributed by atoms with Crippen molar-refractivity contribution in [2.24, 2.45) is 0 Å². The van der Waals surface area contributed by atoms with Crippen LogP contribution in [0, 0.1) is 6.92 Å². The van der Waals surface area contributed by atoms with Crippen LogP contribution in [0.3, 0.4) is 0 Å². The van der Waals surface area contributed by atoms with Gasteiger partial charge in [0.25, 0.3) is 0 Å². The molecule has 3 heteroatoms. The van der Waals surface area contributed by atoms with Crippen LogP contribution in [-0.4, -0.2) is 10.2 Å². The molecule has 0 unspecified atom stereocenters. The highest BCUT2D eigenvalue weighted by atomic mass is 15.1. The first kappa shape index (κ1) is 10.7. The van der Waals surface area contributed by atoms with Gasteiger partial charge in [-0.25, -0.2) is 0 Å². The Hall–Kier alpha value is -1.77. The summed E-state index contributed by atoms with van der Waals surface area (Å²) in [5.41, 5.74) is 4.82. The summed E-state index contributed by atoms with van der Waals surface area (Å²) >= 11 is 0. The predicted molar refractivity (Wildman–Crippen MR) is 67.1 cm³/mol. The molecule has 0 saturated heterocycles. The highest BCUT2D eigenvalue weighted by Gasteiger charge is 2.04. The largest absolute Gasteiger partial charge is 0.353 e. The maximum Gasteiger partial charge on any atom is 0.0767 e. The van der Waals surface area contributed by atoms with E-state index in [1.807, 2.05) is 6.20 Å². The molecule has 0 bridgehead atoms. The van der Waals surface area contributed by atoms with Crippen molar-refractivity contribution in [2.45, 2.75) is 26.7 Å². The Bertz CT molecular complexity index is 458. The topological polar surface area (TPSA) is 40.7 Å². The van der Waals surface area contributed by atoms with Gasteiger partial charge < -0.3 is 5.32 Å². The molecule has 0 fully saturated rings. The minimum absolute atomic E-state index is 0.547. The van der Waals surface area contributed by atoms with Crippen molar-refractivity contribution in [3.63, 3.8) is 0 Å². The summed E-state index contributed by atoms with van der Waals surface area (Å²) in [4.78, 5) is 0. The van der Waals surface area contributed by atoms with Gasteiger partial charge in [0.1, 0.15) is 0 Å². The third kappa shape index (κ3) is 2.24. The minimum atomic E-state index is 0.547. The highest BCUT2D eigenvalue weighted by molar-refractivity contribution is 5.59. The van der Waals surface area contributed by atoms with E-state index < -0.39 is 0 Å². The fourth-order valence-electron chi connectivity index (χ4n) is 1.83. The number of H-pyrrole nitrogens is 1. The molecule has 1 aromatic heterocycles. The lowest BCUT2D eigenvalue weighted by Crippen LogP contribution is -1.95. The number of nitrogens with zero attached hydrogens (tertiary/aromatic N) is 1. The van der Waals surface area contributed by atoms with Crippen LogP contribution in [0.2, 0.25) is 0 Å². The third-order valence-corrected chi connectivity index (χ3v) is 2.69. The zero-order valence-corrected chi connectivity index (χ0v) is 9.91. The lowest BCUT2D eigenvalue weighted by molar-refractivity contribution is 0.857. The molecule has 0 saturated carbocycles. The summed E-state index contributed by atoms with van der Waals surface area (Å²) in [5, 5.41) is 10.0. The van der Waals surface area contributed by atoms with Crippen molar-refractivity contribution < 1.29 is 0 Å². The van der Waals surface area contributed by atoms with Gasteiger partial charge in [0.05, 0.1) is 11.9 Å². The van der Waals surface area contributed by atoms with Gasteiger partial charge in [0.2, 0.25) is 0 Å². The maximum absolute atomic E-state index is 3.91. The Morgan fingerprint density at radius 3 is 2.69 bits per heavy atom. The average molecular weight is 215 g/mol. The molecule has 1 aromatic carbocycles. The SMILES string of the molecule is Cc1ccc(Nc2cn[nH]c2)cc1C(C)C. The monoisotopic (exact) mass is 215 g/mol. The lowest BCUT2D eigenvalue weighted by atomic mass is 9.97. The van der Waals surface area contributed by atoms with E-state index in [4.69, 9.17) is 0 Å². The summed E-state index contributed by atoms with van der Waals surface area (Å²) in [6.45, 7) is 6.57. The second-order valence-corrected chi connectivity index (χ2v) is 4.34. The number of anilines is 2. The Balaban J connectivity index is 2.26. The fourth-order valence-corrected chi connectivity index (χ4v) is 1.83. The Labute approximate surface area is 95.9 Å². The normalized spacial score (nSPS) is 10.8. The summed E-state index contributed by atoms with van der Waals surface area (Å²) < 4.78 is 0. The van der Waals surface area contributed by atoms with Gasteiger partial charge in [-0.2, -0.15) is 5.10 Å². The molecule has 0 aliphatic carbocycles. The maximum atomic E-state index is 3.91. The molecule has 16 heavy (non-hydrogen) atoms. The standard InChI is InChI=1S/C13H17N3/c1-9(2)13-6-11(5-4-10(13)3)16-12-7-14-15-8-12/h4-9,16H,1-3H3,(H,14,15). The quantitative estimate of drug-likeness (QED) is 0.821. The van der Waals surface area contributed by atoms with Gasteiger partial charge in [0.15, 0.2) is 0 Å². The van der Waals surface area contributed by atoms with E-state index in [0.29, 0.717) is 5.92 Å². The number of rotatable bonds is 3. The molecule has 0 aliphatic heterocycles. The molecule has 3 nitrogen and oxygen atoms in total. The number of hydrogen-bond acceptors (Lipinski definition) is 2. The fraction of sp³-hybridized carbons (Fsp3) is 0.308. The van der Waals surface area contributed by atoms with E-state index in [2.05, 4.69) is 54.5 Å². The van der Waals surface area contributed by atoms with Crippen molar-refractivity contribution >= 4 is 11.4 Å². The molecular formula is C13H17N3. The minimum Gasteiger partial charge on any atom is -0.353 e. The lowest BCUT2D eigenvalue weighted by Gasteiger charge is -2.12. The van der Waals surface area contributed by atoms with E-state index in [0.717, 1.165) is 11.4 Å². The molecule has 84 valence electrons. The summed E-state index contributed by atoms with van der Waals surface area (Å²) in [6, 6.07) is 6.44. The molecular weight excluding hydrogens is 198 g/mol. The van der Waals surface area contributed by atoms with Crippen LogP contribution in [0.15, 0.2) is 30.6 Å². The van der Waals surface area contributed by atoms with E-state index >= 15 is 0 Å². The number of aryl methyl sites for hydroxylation is 1. The Morgan fingerprint density at radius 1 is 1.25 bits per heavy atom. The van der Waals surface area contributed by atoms with Crippen LogP contribution in [0.25, 0.3) is 0 Å². The van der Waals surface area contributed by atoms with Crippen LogP contribution < -0.4 is 5.32 Å². The summed E-state index contributed by atoms with van der Waals surface area (Å²) in [6.07, 6.45) is 3.61. The summed E-state index contributed by atoms with van der Waals surface area (Å²) in [7, 11) is 0. The molecule has 2 aromatic rings. The van der Waals surface area contributed by atoms with Crippen LogP contribution in [0.4, 0.5) is 11.4 Å². The van der Waals surface area contributed by atoms with Gasteiger partial charge in [-0.15, -0.1) is 0 Å². The molecule has 0 spiro atoms. The highest BCUT2D eigenvalue weighted by Crippen LogP contribution is 2.24. The Kier molecular flexibility index (Phi) is 2.95. The van der Waals surface area contributed by atoms with Crippen LogP contribution in [0.5, 0.6) is 0 Å². The number of benzene rings is 1. The van der Waals surface area contributed by atoms with Crippen LogP contribution >= 0.6 is 0 Å². The van der Waals surface area contributed by atoms with Crippen molar-refractivity contribution in [1.82, 2.24) is 10.2 Å². The first-order chi connectivity index (χ1) is 7.66. The van der Waals surface area contributed by atoms with Crippen molar-refractivity contribution in [2.75, 3.05) is 5.32 Å². The van der Waals surface area contributed by atoms with Gasteiger partial charge in [-0.3, -0.25) is 5.10 Å². The number of nitrogens with one attached hydrogen (secondary N) is 2. The predicted octanol–water partition coefficient (Wildman–Crippen LogP) is 3.59. The zero-order valence-electron chi connectivity index (χ0n) is 9.91. The van der Waals surface area contributed by atoms with Crippen molar-refractivity contribution in [3.8, 4) is 0 Å². The van der Waals surface area contributed by atoms with Gasteiger partial charge >= 0.3 is 0 Å². The molecule has 0 radical (unpaired) electrons. The number of hydrogen-bond donors (Lipinski definition) is 2. The first-order valence-electron chi connectivity index (χ1n) is 5.53. The molecule has 1 heterocycles. The molecule has 0 atom stereocenters.